The minimum atomic E-state index is 0. The van der Waals surface area contributed by atoms with E-state index >= 15 is 0 Å². The molecule has 0 fully saturated rings. The van der Waals surface area contributed by atoms with Crippen LogP contribution in [0.4, 0.5) is 0 Å². The van der Waals surface area contributed by atoms with Crippen molar-refractivity contribution in [3.05, 3.63) is 6.92 Å². The monoisotopic (exact) mass is 349 g/mol. The molecule has 0 aromatic carbocycles. The van der Waals surface area contributed by atoms with Crippen LogP contribution < -0.4 is 0 Å². The molecular formula is C2H5AgAuO. The Morgan fingerprint density at radius 2 is 1.60 bits per heavy atom. The number of rotatable bonds is 0. The van der Waals surface area contributed by atoms with Gasteiger partial charge in [0.05, 0.1) is 0 Å². The molecule has 0 bridgehead atoms. The number of hydrogen-bond acceptors (Lipinski definition) is 1. The summed E-state index contributed by atoms with van der Waals surface area (Å²) >= 11 is 0. The molecule has 0 atom stereocenters. The van der Waals surface area contributed by atoms with Gasteiger partial charge in [-0.1, -0.05) is 6.61 Å². The first kappa shape index (κ1) is 16.1. The van der Waals surface area contributed by atoms with Gasteiger partial charge in [0.15, 0.2) is 0 Å². The Balaban J connectivity index is -0.0000000200. The van der Waals surface area contributed by atoms with E-state index in [1.807, 2.05) is 0 Å². The molecule has 0 rings (SSSR count). The molecule has 0 aliphatic rings. The SMILES string of the molecule is [Ag].[Au+].[CH2-]CO. The molecule has 0 amide bonds. The van der Waals surface area contributed by atoms with Gasteiger partial charge in [0.25, 0.3) is 0 Å². The van der Waals surface area contributed by atoms with Crippen molar-refractivity contribution in [1.82, 2.24) is 0 Å². The van der Waals surface area contributed by atoms with E-state index in [4.69, 9.17) is 5.11 Å². The summed E-state index contributed by atoms with van der Waals surface area (Å²) in [4.78, 5) is 0. The average Bonchev–Trinajstić information content (AvgIpc) is 0.918. The van der Waals surface area contributed by atoms with Crippen LogP contribution in [0, 0.1) is 6.92 Å². The van der Waals surface area contributed by atoms with E-state index in [0.717, 1.165) is 0 Å². The van der Waals surface area contributed by atoms with Crippen molar-refractivity contribution in [3.8, 4) is 0 Å². The standard InChI is InChI=1S/C2H5O.Ag.Au/c1-2-3;;/h3H,1-2H2;;/q-1;;+1. The fourth-order valence-electron chi connectivity index (χ4n) is 0. The van der Waals surface area contributed by atoms with Crippen molar-refractivity contribution in [2.75, 3.05) is 6.61 Å². The van der Waals surface area contributed by atoms with Gasteiger partial charge in [-0.05, 0) is 0 Å². The van der Waals surface area contributed by atoms with Gasteiger partial charge in [-0.25, -0.2) is 0 Å². The van der Waals surface area contributed by atoms with Gasteiger partial charge >= 0.3 is 22.4 Å². The molecule has 3 heteroatoms. The van der Waals surface area contributed by atoms with Crippen molar-refractivity contribution < 1.29 is 49.9 Å². The molecule has 41 valence electrons. The Bertz CT molecular complexity index is 9.61. The third kappa shape index (κ3) is 31.0. The fraction of sp³-hybridized carbons (Fsp3) is 0.500. The second-order valence-corrected chi connectivity index (χ2v) is 0.224. The van der Waals surface area contributed by atoms with Gasteiger partial charge in [-0.15, -0.1) is 0 Å². The molecular weight excluding hydrogens is 345 g/mol. The third-order valence-electron chi connectivity index (χ3n) is 0. The number of aliphatic hydroxyl groups excluding tert-OH is 1. The first-order valence-corrected chi connectivity index (χ1v) is 0.816. The largest absolute Gasteiger partial charge is 1.00 e. The molecule has 1 radical (unpaired) electrons. The second-order valence-electron chi connectivity index (χ2n) is 0.224. The van der Waals surface area contributed by atoms with Crippen LogP contribution in [0.2, 0.25) is 0 Å². The van der Waals surface area contributed by atoms with E-state index < -0.39 is 0 Å². The van der Waals surface area contributed by atoms with Gasteiger partial charge in [0, 0.05) is 22.4 Å². The summed E-state index contributed by atoms with van der Waals surface area (Å²) in [5.41, 5.74) is 0. The normalized spacial score (nSPS) is 3.60. The van der Waals surface area contributed by atoms with Gasteiger partial charge in [0.2, 0.25) is 0 Å². The zero-order valence-corrected chi connectivity index (χ0v) is 6.11. The molecule has 0 aromatic heterocycles. The van der Waals surface area contributed by atoms with Crippen LogP contribution in [0.1, 0.15) is 0 Å². The van der Waals surface area contributed by atoms with Gasteiger partial charge < -0.3 is 12.0 Å². The summed E-state index contributed by atoms with van der Waals surface area (Å²) in [5, 5.41) is 7.46. The van der Waals surface area contributed by atoms with Crippen molar-refractivity contribution in [3.63, 3.8) is 0 Å². The number of aliphatic hydroxyl groups is 1. The zero-order chi connectivity index (χ0) is 2.71. The van der Waals surface area contributed by atoms with Gasteiger partial charge in [-0.3, -0.25) is 0 Å². The van der Waals surface area contributed by atoms with E-state index in [1.165, 1.54) is 0 Å². The first-order chi connectivity index (χ1) is 1.41. The second kappa shape index (κ2) is 18.0. The molecule has 1 N–H and O–H groups in total. The first-order valence-electron chi connectivity index (χ1n) is 0.816. The van der Waals surface area contributed by atoms with E-state index in [1.54, 1.807) is 0 Å². The van der Waals surface area contributed by atoms with Crippen LogP contribution in [-0.4, -0.2) is 11.7 Å². The van der Waals surface area contributed by atoms with E-state index in [9.17, 15) is 0 Å². The maximum Gasteiger partial charge on any atom is 1.00 e. The van der Waals surface area contributed by atoms with Crippen molar-refractivity contribution in [2.24, 2.45) is 0 Å². The molecule has 0 saturated heterocycles. The van der Waals surface area contributed by atoms with Crippen LogP contribution in [0.15, 0.2) is 0 Å². The predicted octanol–water partition coefficient (Wildman–Crippen LogP) is -0.192. The summed E-state index contributed by atoms with van der Waals surface area (Å²) in [7, 11) is 0. The molecule has 0 aliphatic heterocycles. The topological polar surface area (TPSA) is 20.2 Å². The smallest absolute Gasteiger partial charge is 0.428 e. The molecule has 0 spiro atoms. The summed E-state index contributed by atoms with van der Waals surface area (Å²) < 4.78 is 0. The quantitative estimate of drug-likeness (QED) is 0.475. The summed E-state index contributed by atoms with van der Waals surface area (Å²) in [6, 6.07) is 0. The van der Waals surface area contributed by atoms with Crippen LogP contribution in [-0.2, 0) is 44.8 Å². The number of hydrogen-bond donors (Lipinski definition) is 1. The Morgan fingerprint density at radius 1 is 1.60 bits per heavy atom. The average molecular weight is 350 g/mol. The third-order valence-corrected chi connectivity index (χ3v) is 0. The molecule has 0 aromatic rings. The van der Waals surface area contributed by atoms with E-state index in [0.29, 0.717) is 0 Å². The molecule has 0 unspecified atom stereocenters. The maximum atomic E-state index is 7.46. The summed E-state index contributed by atoms with van der Waals surface area (Å²) in [6.07, 6.45) is 0. The van der Waals surface area contributed by atoms with Crippen molar-refractivity contribution >= 4 is 0 Å². The zero-order valence-electron chi connectivity index (χ0n) is 2.46. The van der Waals surface area contributed by atoms with Gasteiger partial charge in [0.1, 0.15) is 0 Å². The van der Waals surface area contributed by atoms with Crippen molar-refractivity contribution in [1.29, 1.82) is 0 Å². The molecule has 0 heterocycles. The van der Waals surface area contributed by atoms with Crippen molar-refractivity contribution in [2.45, 2.75) is 0 Å². The minimum absolute atomic E-state index is 0. The molecule has 5 heavy (non-hydrogen) atoms. The maximum absolute atomic E-state index is 7.46. The Kier molecular flexibility index (Phi) is 58.0. The van der Waals surface area contributed by atoms with E-state index in [2.05, 4.69) is 6.92 Å². The minimum Gasteiger partial charge on any atom is -0.428 e. The molecule has 1 nitrogen and oxygen atoms in total. The van der Waals surface area contributed by atoms with Crippen LogP contribution in [0.25, 0.3) is 0 Å². The predicted molar refractivity (Wildman–Crippen MR) is 12.4 cm³/mol. The summed E-state index contributed by atoms with van der Waals surface area (Å²) in [5.74, 6) is 0. The van der Waals surface area contributed by atoms with E-state index in [-0.39, 0.29) is 51.4 Å². The van der Waals surface area contributed by atoms with Gasteiger partial charge in [-0.2, -0.15) is 0 Å². The Morgan fingerprint density at radius 3 is 1.60 bits per heavy atom. The summed E-state index contributed by atoms with van der Waals surface area (Å²) in [6.45, 7) is 3.04. The molecule has 0 aliphatic carbocycles. The Hall–Kier alpha value is 1.44. The van der Waals surface area contributed by atoms with Crippen LogP contribution >= 0.6 is 0 Å². The fourth-order valence-corrected chi connectivity index (χ4v) is 0. The van der Waals surface area contributed by atoms with Crippen LogP contribution in [0.5, 0.6) is 0 Å². The van der Waals surface area contributed by atoms with Crippen LogP contribution in [0.3, 0.4) is 0 Å². The Labute approximate surface area is 63.2 Å². The molecule has 0 saturated carbocycles.